The molecule has 5 nitrogen and oxygen atoms in total. The topological polar surface area (TPSA) is 64.6 Å². The van der Waals surface area contributed by atoms with E-state index in [-0.39, 0.29) is 13.2 Å². The molecule has 0 saturated carbocycles. The molecule has 25 heavy (non-hydrogen) atoms. The standard InChI is InChI=1S/C20H37NO4/c1-3-5-6-7-8-9-10-11-12-13-14-15-17-24-19(22)18-21-20(23)25-16-4-2/h4H,2-3,5-18H2,1H3,(H,21,23). The minimum Gasteiger partial charge on any atom is -0.464 e. The van der Waals surface area contributed by atoms with Crippen LogP contribution in [0.2, 0.25) is 0 Å². The highest BCUT2D eigenvalue weighted by molar-refractivity contribution is 5.77. The Morgan fingerprint density at radius 1 is 0.840 bits per heavy atom. The zero-order valence-electron chi connectivity index (χ0n) is 16.0. The fourth-order valence-electron chi connectivity index (χ4n) is 2.51. The molecule has 0 aliphatic rings. The first-order chi connectivity index (χ1) is 12.2. The monoisotopic (exact) mass is 355 g/mol. The summed E-state index contributed by atoms with van der Waals surface area (Å²) in [6, 6.07) is 0. The van der Waals surface area contributed by atoms with Crippen LogP contribution in [0.15, 0.2) is 12.7 Å². The Labute approximate surface area is 153 Å². The molecule has 0 aromatic heterocycles. The van der Waals surface area contributed by atoms with Crippen molar-refractivity contribution in [2.45, 2.75) is 84.0 Å². The highest BCUT2D eigenvalue weighted by atomic mass is 16.6. The molecule has 0 aromatic rings. The summed E-state index contributed by atoms with van der Waals surface area (Å²) >= 11 is 0. The predicted molar refractivity (Wildman–Crippen MR) is 102 cm³/mol. The van der Waals surface area contributed by atoms with Gasteiger partial charge in [0.2, 0.25) is 0 Å². The molecule has 0 rings (SSSR count). The number of carbonyl (C=O) groups is 2. The van der Waals surface area contributed by atoms with Crippen molar-refractivity contribution >= 4 is 12.1 Å². The summed E-state index contributed by atoms with van der Waals surface area (Å²) in [5.41, 5.74) is 0. The molecule has 0 saturated heterocycles. The Balaban J connectivity index is 3.23. The molecule has 1 N–H and O–H groups in total. The van der Waals surface area contributed by atoms with Crippen molar-refractivity contribution in [1.29, 1.82) is 0 Å². The van der Waals surface area contributed by atoms with Crippen LogP contribution in [-0.4, -0.2) is 31.8 Å². The van der Waals surface area contributed by atoms with Crippen LogP contribution in [0.5, 0.6) is 0 Å². The number of unbranched alkanes of at least 4 members (excludes halogenated alkanes) is 11. The first-order valence-electron chi connectivity index (χ1n) is 9.87. The Morgan fingerprint density at radius 2 is 1.36 bits per heavy atom. The Kier molecular flexibility index (Phi) is 17.7. The zero-order valence-corrected chi connectivity index (χ0v) is 16.0. The Bertz CT molecular complexity index is 345. The minimum absolute atomic E-state index is 0.125. The number of amides is 1. The molecule has 0 aliphatic heterocycles. The van der Waals surface area contributed by atoms with Crippen molar-refractivity contribution in [3.8, 4) is 0 Å². The molecule has 146 valence electrons. The Hall–Kier alpha value is -1.52. The average molecular weight is 356 g/mol. The molecule has 1 amide bonds. The minimum atomic E-state index is -0.637. The van der Waals surface area contributed by atoms with Crippen LogP contribution in [-0.2, 0) is 14.3 Å². The smallest absolute Gasteiger partial charge is 0.407 e. The van der Waals surface area contributed by atoms with E-state index in [4.69, 9.17) is 4.74 Å². The van der Waals surface area contributed by atoms with Gasteiger partial charge >= 0.3 is 12.1 Å². The van der Waals surface area contributed by atoms with E-state index >= 15 is 0 Å². The molecule has 0 aromatic carbocycles. The molecule has 0 unspecified atom stereocenters. The van der Waals surface area contributed by atoms with E-state index in [1.165, 1.54) is 70.3 Å². The lowest BCUT2D eigenvalue weighted by molar-refractivity contribution is -0.142. The number of rotatable bonds is 17. The van der Waals surface area contributed by atoms with Gasteiger partial charge in [0, 0.05) is 0 Å². The molecule has 0 heterocycles. The number of alkyl carbamates (subject to hydrolysis) is 1. The highest BCUT2D eigenvalue weighted by Gasteiger charge is 2.06. The average Bonchev–Trinajstić information content (AvgIpc) is 2.62. The van der Waals surface area contributed by atoms with Crippen LogP contribution < -0.4 is 5.32 Å². The second kappa shape index (κ2) is 18.8. The van der Waals surface area contributed by atoms with E-state index in [0.717, 1.165) is 12.8 Å². The van der Waals surface area contributed by atoms with Crippen molar-refractivity contribution in [3.63, 3.8) is 0 Å². The third-order valence-corrected chi connectivity index (χ3v) is 3.97. The fraction of sp³-hybridized carbons (Fsp3) is 0.800. The van der Waals surface area contributed by atoms with Crippen LogP contribution in [0, 0.1) is 0 Å². The highest BCUT2D eigenvalue weighted by Crippen LogP contribution is 2.11. The summed E-state index contributed by atoms with van der Waals surface area (Å²) in [4.78, 5) is 22.5. The molecule has 0 atom stereocenters. The van der Waals surface area contributed by atoms with E-state index in [1.807, 2.05) is 0 Å². The summed E-state index contributed by atoms with van der Waals surface area (Å²) in [5.74, 6) is -0.432. The predicted octanol–water partition coefficient (Wildman–Crippen LogP) is 5.14. The van der Waals surface area contributed by atoms with Gasteiger partial charge in [-0.3, -0.25) is 4.79 Å². The van der Waals surface area contributed by atoms with Gasteiger partial charge in [-0.05, 0) is 6.42 Å². The molecule has 0 bridgehead atoms. The maximum atomic E-state index is 11.4. The first-order valence-corrected chi connectivity index (χ1v) is 9.87. The molecule has 0 aliphatic carbocycles. The van der Waals surface area contributed by atoms with E-state index in [0.29, 0.717) is 6.61 Å². The third kappa shape index (κ3) is 18.7. The van der Waals surface area contributed by atoms with Gasteiger partial charge in [0.15, 0.2) is 0 Å². The maximum Gasteiger partial charge on any atom is 0.407 e. The molecular weight excluding hydrogens is 318 g/mol. The van der Waals surface area contributed by atoms with Gasteiger partial charge in [-0.15, -0.1) is 0 Å². The van der Waals surface area contributed by atoms with E-state index in [9.17, 15) is 9.59 Å². The van der Waals surface area contributed by atoms with Crippen LogP contribution >= 0.6 is 0 Å². The van der Waals surface area contributed by atoms with E-state index in [2.05, 4.69) is 23.6 Å². The fourth-order valence-corrected chi connectivity index (χ4v) is 2.51. The van der Waals surface area contributed by atoms with Crippen molar-refractivity contribution in [1.82, 2.24) is 5.32 Å². The largest absolute Gasteiger partial charge is 0.464 e. The maximum absolute atomic E-state index is 11.4. The lowest BCUT2D eigenvalue weighted by Gasteiger charge is -2.06. The number of ether oxygens (including phenoxy) is 2. The van der Waals surface area contributed by atoms with Gasteiger partial charge in [0.1, 0.15) is 13.2 Å². The summed E-state index contributed by atoms with van der Waals surface area (Å²) < 4.78 is 9.75. The number of carbonyl (C=O) groups excluding carboxylic acids is 2. The van der Waals surface area contributed by atoms with Crippen LogP contribution in [0.1, 0.15) is 84.0 Å². The van der Waals surface area contributed by atoms with Crippen LogP contribution in [0.4, 0.5) is 4.79 Å². The SMILES string of the molecule is C=CCOC(=O)NCC(=O)OCCCCCCCCCCCCCC. The van der Waals surface area contributed by atoms with Crippen molar-refractivity contribution < 1.29 is 19.1 Å². The molecular formula is C20H37NO4. The quantitative estimate of drug-likeness (QED) is 0.223. The van der Waals surface area contributed by atoms with Gasteiger partial charge < -0.3 is 14.8 Å². The van der Waals surface area contributed by atoms with E-state index < -0.39 is 12.1 Å². The van der Waals surface area contributed by atoms with E-state index in [1.54, 1.807) is 0 Å². The normalized spacial score (nSPS) is 10.3. The van der Waals surface area contributed by atoms with Crippen molar-refractivity contribution in [2.75, 3.05) is 19.8 Å². The summed E-state index contributed by atoms with van der Waals surface area (Å²) in [6.45, 7) is 6.06. The summed E-state index contributed by atoms with van der Waals surface area (Å²) in [5, 5.41) is 2.33. The van der Waals surface area contributed by atoms with Gasteiger partial charge in [-0.25, -0.2) is 4.79 Å². The first kappa shape index (κ1) is 23.5. The summed E-state index contributed by atoms with van der Waals surface area (Å²) in [7, 11) is 0. The lowest BCUT2D eigenvalue weighted by Crippen LogP contribution is -2.31. The molecule has 0 spiro atoms. The number of nitrogens with one attached hydrogen (secondary N) is 1. The molecule has 0 radical (unpaired) electrons. The van der Waals surface area contributed by atoms with Crippen LogP contribution in [0.25, 0.3) is 0 Å². The second-order valence-electron chi connectivity index (χ2n) is 6.35. The van der Waals surface area contributed by atoms with Gasteiger partial charge in [-0.2, -0.15) is 0 Å². The number of esters is 1. The second-order valence-corrected chi connectivity index (χ2v) is 6.35. The summed E-state index contributed by atoms with van der Waals surface area (Å²) in [6.07, 6.45) is 16.1. The third-order valence-electron chi connectivity index (χ3n) is 3.97. The van der Waals surface area contributed by atoms with Crippen molar-refractivity contribution in [3.05, 3.63) is 12.7 Å². The van der Waals surface area contributed by atoms with Crippen LogP contribution in [0.3, 0.4) is 0 Å². The van der Waals surface area contributed by atoms with Gasteiger partial charge in [-0.1, -0.05) is 90.2 Å². The lowest BCUT2D eigenvalue weighted by atomic mass is 10.1. The molecule has 5 heteroatoms. The zero-order chi connectivity index (χ0) is 18.6. The Morgan fingerprint density at radius 3 is 1.88 bits per heavy atom. The number of hydrogen-bond acceptors (Lipinski definition) is 4. The number of hydrogen-bond donors (Lipinski definition) is 1. The van der Waals surface area contributed by atoms with Crippen molar-refractivity contribution in [2.24, 2.45) is 0 Å². The van der Waals surface area contributed by atoms with Gasteiger partial charge in [0.05, 0.1) is 6.61 Å². The molecule has 0 fully saturated rings. The van der Waals surface area contributed by atoms with Gasteiger partial charge in [0.25, 0.3) is 0 Å².